The van der Waals surface area contributed by atoms with Crippen LogP contribution in [0, 0.1) is 0 Å². The number of ether oxygens (including phenoxy) is 2. The lowest BCUT2D eigenvalue weighted by atomic mass is 10.2. The van der Waals surface area contributed by atoms with Crippen LogP contribution in [0.15, 0.2) is 17.0 Å². The van der Waals surface area contributed by atoms with Crippen LogP contribution >= 0.6 is 12.6 Å². The van der Waals surface area contributed by atoms with Crippen molar-refractivity contribution in [2.45, 2.75) is 4.90 Å². The Morgan fingerprint density at radius 2 is 2.23 bits per heavy atom. The van der Waals surface area contributed by atoms with Crippen molar-refractivity contribution in [1.29, 1.82) is 0 Å². The largest absolute Gasteiger partial charge is 0.478 e. The third-order valence-electron chi connectivity index (χ3n) is 1.70. The maximum atomic E-state index is 10.6. The van der Waals surface area contributed by atoms with Crippen LogP contribution in [0.4, 0.5) is 0 Å². The van der Waals surface area contributed by atoms with Gasteiger partial charge in [0.25, 0.3) is 0 Å². The molecule has 13 heavy (non-hydrogen) atoms. The Morgan fingerprint density at radius 1 is 1.46 bits per heavy atom. The van der Waals surface area contributed by atoms with E-state index < -0.39 is 5.97 Å². The van der Waals surface area contributed by atoms with Crippen molar-refractivity contribution < 1.29 is 19.4 Å². The van der Waals surface area contributed by atoms with Crippen LogP contribution < -0.4 is 9.47 Å². The van der Waals surface area contributed by atoms with E-state index in [2.05, 4.69) is 12.6 Å². The van der Waals surface area contributed by atoms with Crippen LogP contribution in [-0.4, -0.2) is 17.9 Å². The molecule has 1 N–H and O–H groups in total. The normalized spacial score (nSPS) is 13.0. The second-order valence-electron chi connectivity index (χ2n) is 2.53. The Balaban J connectivity index is 2.55. The Kier molecular flexibility index (Phi) is 1.81. The SMILES string of the molecule is O=C(O)c1cc(S)c2c(c1)OCO2. The van der Waals surface area contributed by atoms with Crippen LogP contribution in [0.5, 0.6) is 11.5 Å². The molecule has 0 unspecified atom stereocenters. The van der Waals surface area contributed by atoms with Gasteiger partial charge in [0.05, 0.1) is 10.5 Å². The number of aromatic carboxylic acids is 1. The first-order valence-electron chi connectivity index (χ1n) is 3.54. The van der Waals surface area contributed by atoms with E-state index in [9.17, 15) is 4.79 Å². The summed E-state index contributed by atoms with van der Waals surface area (Å²) in [4.78, 5) is 11.1. The van der Waals surface area contributed by atoms with Crippen molar-refractivity contribution in [2.24, 2.45) is 0 Å². The van der Waals surface area contributed by atoms with Crippen molar-refractivity contribution in [3.05, 3.63) is 17.7 Å². The molecule has 1 aliphatic heterocycles. The second kappa shape index (κ2) is 2.85. The first kappa shape index (κ1) is 8.25. The predicted molar refractivity (Wildman–Crippen MR) is 46.8 cm³/mol. The van der Waals surface area contributed by atoms with Crippen molar-refractivity contribution in [2.75, 3.05) is 6.79 Å². The highest BCUT2D eigenvalue weighted by Crippen LogP contribution is 2.38. The second-order valence-corrected chi connectivity index (χ2v) is 3.02. The summed E-state index contributed by atoms with van der Waals surface area (Å²) in [5, 5.41) is 8.71. The fraction of sp³-hybridized carbons (Fsp3) is 0.125. The quantitative estimate of drug-likeness (QED) is 0.670. The number of benzene rings is 1. The average Bonchev–Trinajstić information content (AvgIpc) is 2.51. The molecule has 0 radical (unpaired) electrons. The Morgan fingerprint density at radius 3 is 2.92 bits per heavy atom. The molecule has 0 saturated carbocycles. The molecule has 0 saturated heterocycles. The molecule has 0 spiro atoms. The van der Waals surface area contributed by atoms with Gasteiger partial charge in [0.15, 0.2) is 11.5 Å². The smallest absolute Gasteiger partial charge is 0.335 e. The number of carbonyl (C=O) groups is 1. The topological polar surface area (TPSA) is 55.8 Å². The van der Waals surface area contributed by atoms with Gasteiger partial charge < -0.3 is 14.6 Å². The summed E-state index contributed by atoms with van der Waals surface area (Å²) in [6.45, 7) is 0.117. The number of carboxylic acid groups (broad SMARTS) is 1. The molecule has 1 aromatic rings. The van der Waals surface area contributed by atoms with E-state index in [4.69, 9.17) is 14.6 Å². The summed E-state index contributed by atoms with van der Waals surface area (Å²) >= 11 is 4.08. The van der Waals surface area contributed by atoms with Crippen molar-refractivity contribution in [1.82, 2.24) is 0 Å². The average molecular weight is 198 g/mol. The standard InChI is InChI=1S/C8H6O4S/c9-8(10)4-1-5-7(6(13)2-4)12-3-11-5/h1-2,13H,3H2,(H,9,10). The molecular formula is C8H6O4S. The summed E-state index contributed by atoms with van der Waals surface area (Å²) in [7, 11) is 0. The van der Waals surface area contributed by atoms with E-state index in [-0.39, 0.29) is 12.4 Å². The van der Waals surface area contributed by atoms with Crippen molar-refractivity contribution >= 4 is 18.6 Å². The molecule has 0 atom stereocenters. The summed E-state index contributed by atoms with van der Waals surface area (Å²) in [5.74, 6) is -0.0631. The molecule has 0 bridgehead atoms. The molecule has 1 aliphatic rings. The number of hydrogen-bond donors (Lipinski definition) is 2. The predicted octanol–water partition coefficient (Wildman–Crippen LogP) is 1.40. The van der Waals surface area contributed by atoms with Crippen LogP contribution in [0.1, 0.15) is 10.4 Å². The van der Waals surface area contributed by atoms with Crippen molar-refractivity contribution in [3.63, 3.8) is 0 Å². The lowest BCUT2D eigenvalue weighted by Crippen LogP contribution is -1.96. The van der Waals surface area contributed by atoms with E-state index in [0.717, 1.165) is 0 Å². The molecule has 0 amide bonds. The molecule has 68 valence electrons. The van der Waals surface area contributed by atoms with E-state index in [1.165, 1.54) is 12.1 Å². The van der Waals surface area contributed by atoms with Gasteiger partial charge in [-0.25, -0.2) is 4.79 Å². The molecule has 0 fully saturated rings. The zero-order chi connectivity index (χ0) is 9.42. The number of carboxylic acids is 1. The Hall–Kier alpha value is -1.36. The third-order valence-corrected chi connectivity index (χ3v) is 2.03. The zero-order valence-electron chi connectivity index (χ0n) is 6.48. The fourth-order valence-corrected chi connectivity index (χ4v) is 1.43. The zero-order valence-corrected chi connectivity index (χ0v) is 7.38. The van der Waals surface area contributed by atoms with Gasteiger partial charge in [0.1, 0.15) is 0 Å². The molecule has 1 aromatic carbocycles. The van der Waals surface area contributed by atoms with Gasteiger partial charge in [-0.1, -0.05) is 0 Å². The minimum atomic E-state index is -1.01. The molecule has 2 rings (SSSR count). The highest BCUT2D eigenvalue weighted by molar-refractivity contribution is 7.80. The van der Waals surface area contributed by atoms with Gasteiger partial charge in [0, 0.05) is 0 Å². The lowest BCUT2D eigenvalue weighted by Gasteiger charge is -2.01. The maximum absolute atomic E-state index is 10.6. The molecule has 5 heteroatoms. The van der Waals surface area contributed by atoms with Gasteiger partial charge in [-0.05, 0) is 12.1 Å². The summed E-state index contributed by atoms with van der Waals surface area (Å²) < 4.78 is 10.1. The molecule has 0 aliphatic carbocycles. The third kappa shape index (κ3) is 1.31. The van der Waals surface area contributed by atoms with E-state index in [0.29, 0.717) is 16.4 Å². The first-order chi connectivity index (χ1) is 6.18. The van der Waals surface area contributed by atoms with Crippen LogP contribution in [-0.2, 0) is 0 Å². The van der Waals surface area contributed by atoms with Crippen LogP contribution in [0.2, 0.25) is 0 Å². The lowest BCUT2D eigenvalue weighted by molar-refractivity contribution is 0.0696. The maximum Gasteiger partial charge on any atom is 0.335 e. The van der Waals surface area contributed by atoms with E-state index >= 15 is 0 Å². The highest BCUT2D eigenvalue weighted by atomic mass is 32.1. The number of rotatable bonds is 1. The Bertz CT molecular complexity index is 375. The van der Waals surface area contributed by atoms with E-state index in [1.807, 2.05) is 0 Å². The van der Waals surface area contributed by atoms with Gasteiger partial charge in [-0.2, -0.15) is 0 Å². The highest BCUT2D eigenvalue weighted by Gasteiger charge is 2.19. The monoisotopic (exact) mass is 198 g/mol. The van der Waals surface area contributed by atoms with Gasteiger partial charge in [-0.15, -0.1) is 12.6 Å². The molecule has 1 heterocycles. The van der Waals surface area contributed by atoms with Crippen molar-refractivity contribution in [3.8, 4) is 11.5 Å². The van der Waals surface area contributed by atoms with Crippen LogP contribution in [0.25, 0.3) is 0 Å². The Labute approximate surface area is 79.5 Å². The summed E-state index contributed by atoms with van der Waals surface area (Å²) in [5.41, 5.74) is 0.147. The number of hydrogen-bond acceptors (Lipinski definition) is 4. The molecular weight excluding hydrogens is 192 g/mol. The summed E-state index contributed by atoms with van der Waals surface area (Å²) in [6, 6.07) is 2.85. The fourth-order valence-electron chi connectivity index (χ4n) is 1.12. The minimum Gasteiger partial charge on any atom is -0.478 e. The van der Waals surface area contributed by atoms with Gasteiger partial charge in [0.2, 0.25) is 6.79 Å². The van der Waals surface area contributed by atoms with Gasteiger partial charge in [-0.3, -0.25) is 0 Å². The number of fused-ring (bicyclic) bond motifs is 1. The first-order valence-corrected chi connectivity index (χ1v) is 3.99. The number of thiol groups is 1. The minimum absolute atomic E-state index is 0.117. The van der Waals surface area contributed by atoms with E-state index in [1.54, 1.807) is 0 Å². The van der Waals surface area contributed by atoms with Gasteiger partial charge >= 0.3 is 5.97 Å². The summed E-state index contributed by atoms with van der Waals surface area (Å²) in [6.07, 6.45) is 0. The molecule has 4 nitrogen and oxygen atoms in total. The van der Waals surface area contributed by atoms with Crippen LogP contribution in [0.3, 0.4) is 0 Å². The molecule has 0 aromatic heterocycles.